The Morgan fingerprint density at radius 1 is 1.36 bits per heavy atom. The van der Waals surface area contributed by atoms with Crippen LogP contribution in [0.15, 0.2) is 49.1 Å². The summed E-state index contributed by atoms with van der Waals surface area (Å²) in [5.74, 6) is -0.0623. The Labute approximate surface area is 85.0 Å². The first-order chi connectivity index (χ1) is 6.86. The lowest BCUT2D eigenvalue weighted by Crippen LogP contribution is -1.88. The number of nitrogens with zero attached hydrogens (tertiary/aromatic N) is 1. The number of hydrogen-bond acceptors (Lipinski definition) is 1. The van der Waals surface area contributed by atoms with Gasteiger partial charge in [-0.15, -0.1) is 6.58 Å². The van der Waals surface area contributed by atoms with Crippen LogP contribution in [0.5, 0.6) is 0 Å². The van der Waals surface area contributed by atoms with Gasteiger partial charge in [0.2, 0.25) is 0 Å². The molecule has 1 heteroatoms. The molecule has 0 saturated heterocycles. The molecule has 70 valence electrons. The van der Waals surface area contributed by atoms with Gasteiger partial charge >= 0.3 is 0 Å². The lowest BCUT2D eigenvalue weighted by Gasteiger charge is -1.97. The van der Waals surface area contributed by atoms with Gasteiger partial charge in [-0.2, -0.15) is 5.26 Å². The fourth-order valence-corrected chi connectivity index (χ4v) is 1.15. The van der Waals surface area contributed by atoms with Gasteiger partial charge in [-0.3, -0.25) is 0 Å². The highest BCUT2D eigenvalue weighted by molar-refractivity contribution is 5.49. The molecular weight excluding hydrogens is 170 g/mol. The van der Waals surface area contributed by atoms with Crippen LogP contribution < -0.4 is 0 Å². The highest BCUT2D eigenvalue weighted by atomic mass is 14.3. The average molecular weight is 183 g/mol. The normalized spacial score (nSPS) is 12.2. The van der Waals surface area contributed by atoms with Crippen molar-refractivity contribution in [2.24, 2.45) is 5.92 Å². The Kier molecular flexibility index (Phi) is 4.23. The van der Waals surface area contributed by atoms with Gasteiger partial charge in [0.15, 0.2) is 0 Å². The van der Waals surface area contributed by atoms with Crippen molar-refractivity contribution in [2.45, 2.75) is 6.42 Å². The zero-order chi connectivity index (χ0) is 10.2. The summed E-state index contributed by atoms with van der Waals surface area (Å²) in [5, 5.41) is 8.79. The van der Waals surface area contributed by atoms with Crippen LogP contribution in [-0.4, -0.2) is 0 Å². The molecule has 0 N–H and O–H groups in total. The van der Waals surface area contributed by atoms with Crippen molar-refractivity contribution in [1.29, 1.82) is 5.26 Å². The first-order valence-electron chi connectivity index (χ1n) is 4.60. The standard InChI is InChI=1S/C13H13N/c1-2-6-13(11-14)10-9-12-7-4-3-5-8-12/h2-5,7-10,13H,1,6H2/b10-9+. The quantitative estimate of drug-likeness (QED) is 0.656. The van der Waals surface area contributed by atoms with Gasteiger partial charge in [0.05, 0.1) is 12.0 Å². The van der Waals surface area contributed by atoms with Gasteiger partial charge in [-0.05, 0) is 12.0 Å². The summed E-state index contributed by atoms with van der Waals surface area (Å²) < 4.78 is 0. The van der Waals surface area contributed by atoms with Crippen molar-refractivity contribution in [3.63, 3.8) is 0 Å². The lowest BCUT2D eigenvalue weighted by molar-refractivity contribution is 0.853. The molecule has 0 spiro atoms. The minimum Gasteiger partial charge on any atom is -0.198 e. The molecule has 0 fully saturated rings. The molecule has 0 radical (unpaired) electrons. The van der Waals surface area contributed by atoms with Crippen LogP contribution in [0, 0.1) is 17.2 Å². The molecule has 0 amide bonds. The predicted octanol–water partition coefficient (Wildman–Crippen LogP) is 3.42. The predicted molar refractivity (Wildman–Crippen MR) is 59.4 cm³/mol. The van der Waals surface area contributed by atoms with Gasteiger partial charge in [-0.25, -0.2) is 0 Å². The molecule has 1 atom stereocenters. The third-order valence-electron chi connectivity index (χ3n) is 1.91. The lowest BCUT2D eigenvalue weighted by atomic mass is 10.1. The second-order valence-electron chi connectivity index (χ2n) is 3.03. The third kappa shape index (κ3) is 3.28. The van der Waals surface area contributed by atoms with Crippen LogP contribution in [0.1, 0.15) is 12.0 Å². The summed E-state index contributed by atoms with van der Waals surface area (Å²) >= 11 is 0. The van der Waals surface area contributed by atoms with Crippen molar-refractivity contribution in [1.82, 2.24) is 0 Å². The molecule has 0 bridgehead atoms. The molecule has 0 saturated carbocycles. The van der Waals surface area contributed by atoms with E-state index in [4.69, 9.17) is 5.26 Å². The van der Waals surface area contributed by atoms with Crippen molar-refractivity contribution >= 4 is 6.08 Å². The maximum Gasteiger partial charge on any atom is 0.0700 e. The summed E-state index contributed by atoms with van der Waals surface area (Å²) in [6.07, 6.45) is 6.36. The summed E-state index contributed by atoms with van der Waals surface area (Å²) in [5.41, 5.74) is 1.12. The minimum absolute atomic E-state index is 0.0623. The molecule has 14 heavy (non-hydrogen) atoms. The smallest absolute Gasteiger partial charge is 0.0700 e. The Morgan fingerprint density at radius 3 is 2.64 bits per heavy atom. The van der Waals surface area contributed by atoms with Crippen molar-refractivity contribution in [2.75, 3.05) is 0 Å². The summed E-state index contributed by atoms with van der Waals surface area (Å²) in [6, 6.07) is 12.2. The molecule has 0 aliphatic rings. The summed E-state index contributed by atoms with van der Waals surface area (Å²) in [7, 11) is 0. The van der Waals surface area contributed by atoms with E-state index in [0.29, 0.717) is 6.42 Å². The molecule has 1 unspecified atom stereocenters. The van der Waals surface area contributed by atoms with Crippen molar-refractivity contribution in [3.8, 4) is 6.07 Å². The van der Waals surface area contributed by atoms with Crippen LogP contribution >= 0.6 is 0 Å². The highest BCUT2D eigenvalue weighted by Gasteiger charge is 1.97. The van der Waals surface area contributed by atoms with Crippen LogP contribution in [-0.2, 0) is 0 Å². The van der Waals surface area contributed by atoms with Crippen LogP contribution in [0.2, 0.25) is 0 Å². The van der Waals surface area contributed by atoms with Gasteiger partial charge in [0, 0.05) is 0 Å². The minimum atomic E-state index is -0.0623. The maximum atomic E-state index is 8.79. The van der Waals surface area contributed by atoms with Gasteiger partial charge in [-0.1, -0.05) is 48.6 Å². The topological polar surface area (TPSA) is 23.8 Å². The summed E-state index contributed by atoms with van der Waals surface area (Å²) in [4.78, 5) is 0. The van der Waals surface area contributed by atoms with Crippen LogP contribution in [0.25, 0.3) is 6.08 Å². The van der Waals surface area contributed by atoms with E-state index in [1.165, 1.54) is 0 Å². The second kappa shape index (κ2) is 5.77. The van der Waals surface area contributed by atoms with Crippen molar-refractivity contribution < 1.29 is 0 Å². The zero-order valence-electron chi connectivity index (χ0n) is 8.06. The zero-order valence-corrected chi connectivity index (χ0v) is 8.06. The average Bonchev–Trinajstić information content (AvgIpc) is 2.25. The molecule has 1 rings (SSSR count). The van der Waals surface area contributed by atoms with Crippen LogP contribution in [0.4, 0.5) is 0 Å². The summed E-state index contributed by atoms with van der Waals surface area (Å²) in [6.45, 7) is 3.62. The molecular formula is C13H13N. The third-order valence-corrected chi connectivity index (χ3v) is 1.91. The molecule has 0 aromatic heterocycles. The van der Waals surface area contributed by atoms with E-state index in [1.807, 2.05) is 42.5 Å². The highest BCUT2D eigenvalue weighted by Crippen LogP contribution is 2.08. The fraction of sp³-hybridized carbons (Fsp3) is 0.154. The van der Waals surface area contributed by atoms with E-state index in [0.717, 1.165) is 5.56 Å². The van der Waals surface area contributed by atoms with Gasteiger partial charge < -0.3 is 0 Å². The van der Waals surface area contributed by atoms with Gasteiger partial charge in [0.25, 0.3) is 0 Å². The van der Waals surface area contributed by atoms with Crippen molar-refractivity contribution in [3.05, 3.63) is 54.6 Å². The Bertz CT molecular complexity index is 343. The van der Waals surface area contributed by atoms with E-state index < -0.39 is 0 Å². The molecule has 1 aromatic rings. The molecule has 1 aromatic carbocycles. The maximum absolute atomic E-state index is 8.79. The van der Waals surface area contributed by atoms with E-state index in [-0.39, 0.29) is 5.92 Å². The van der Waals surface area contributed by atoms with E-state index in [2.05, 4.69) is 12.6 Å². The molecule has 1 nitrogen and oxygen atoms in total. The number of rotatable bonds is 4. The number of hydrogen-bond donors (Lipinski definition) is 0. The SMILES string of the molecule is C=CCC(C#N)/C=C/c1ccccc1. The largest absolute Gasteiger partial charge is 0.198 e. The number of allylic oxidation sites excluding steroid dienone is 2. The molecule has 0 aliphatic carbocycles. The molecule has 0 heterocycles. The Morgan fingerprint density at radius 2 is 2.07 bits per heavy atom. The van der Waals surface area contributed by atoms with E-state index in [1.54, 1.807) is 6.08 Å². The second-order valence-corrected chi connectivity index (χ2v) is 3.03. The monoisotopic (exact) mass is 183 g/mol. The first kappa shape index (κ1) is 10.3. The van der Waals surface area contributed by atoms with E-state index in [9.17, 15) is 0 Å². The first-order valence-corrected chi connectivity index (χ1v) is 4.60. The van der Waals surface area contributed by atoms with Gasteiger partial charge in [0.1, 0.15) is 0 Å². The Hall–Kier alpha value is -1.81. The Balaban J connectivity index is 2.63. The number of nitriles is 1. The van der Waals surface area contributed by atoms with E-state index >= 15 is 0 Å². The number of benzene rings is 1. The fourth-order valence-electron chi connectivity index (χ4n) is 1.15. The van der Waals surface area contributed by atoms with Crippen LogP contribution in [0.3, 0.4) is 0 Å². The molecule has 0 aliphatic heterocycles.